The van der Waals surface area contributed by atoms with E-state index in [1.54, 1.807) is 24.3 Å². The van der Waals surface area contributed by atoms with Gasteiger partial charge in [0.25, 0.3) is 10.1 Å². The van der Waals surface area contributed by atoms with E-state index in [0.29, 0.717) is 22.0 Å². The summed E-state index contributed by atoms with van der Waals surface area (Å²) in [6.07, 6.45) is -0.874. The van der Waals surface area contributed by atoms with E-state index in [0.717, 1.165) is 0 Å². The number of hydrogen-bond acceptors (Lipinski definition) is 8. The molecule has 12 heteroatoms. The third-order valence-electron chi connectivity index (χ3n) is 4.07. The number of alkyl carbamates (subject to hydrolysis) is 1. The summed E-state index contributed by atoms with van der Waals surface area (Å²) in [7, 11) is -4.25. The van der Waals surface area contributed by atoms with Crippen LogP contribution >= 0.6 is 11.8 Å². The Morgan fingerprint density at radius 3 is 2.18 bits per heavy atom. The van der Waals surface area contributed by atoms with Gasteiger partial charge in [-0.05, 0) is 69.2 Å². The predicted molar refractivity (Wildman–Crippen MR) is 121 cm³/mol. The third kappa shape index (κ3) is 11.1. The van der Waals surface area contributed by atoms with Gasteiger partial charge in [-0.1, -0.05) is 12.1 Å². The molecule has 1 amide bonds. The maximum absolute atomic E-state index is 12.0. The molecule has 0 saturated heterocycles. The number of hydrogen-bond donors (Lipinski definition) is 2. The largest absolute Gasteiger partial charge is 1.00 e. The summed E-state index contributed by atoms with van der Waals surface area (Å²) in [5.74, 6) is -0.437. The first-order valence-corrected chi connectivity index (χ1v) is 12.4. The second-order valence-electron chi connectivity index (χ2n) is 8.01. The molecule has 34 heavy (non-hydrogen) atoms. The molecule has 0 radical (unpaired) electrons. The Kier molecular flexibility index (Phi) is 11.9. The zero-order chi connectivity index (χ0) is 24.6. The molecule has 0 aromatic heterocycles. The number of carboxylic acid groups (broad SMARTS) is 1. The Bertz CT molecular complexity index is 1050. The molecule has 9 nitrogen and oxygen atoms in total. The number of aliphatic carboxylic acids is 1. The monoisotopic (exact) mass is 519 g/mol. The Balaban J connectivity index is 0.00000578. The van der Waals surface area contributed by atoms with Crippen LogP contribution in [0.1, 0.15) is 26.3 Å². The maximum atomic E-state index is 12.0. The number of benzene rings is 2. The van der Waals surface area contributed by atoms with Crippen molar-refractivity contribution in [3.8, 4) is 5.75 Å². The van der Waals surface area contributed by atoms with E-state index in [1.165, 1.54) is 36.0 Å². The average Bonchev–Trinajstić information content (AvgIpc) is 2.70. The smallest absolute Gasteiger partial charge is 0.548 e. The standard InChI is InChI=1S/C22H27NO8S2.Na/c1-22(2,3)31-16-6-4-15(5-7-16)14-19(20(24)25)23-21(26)30-12-13-32-17-8-10-18(11-9-17)33(27,28)29;/h4-11,19H,12-14H2,1-3H3,(H,23,26)(H,24,25)(H,27,28,29);/q;+1/p-1/t19-;/m0./s1. The van der Waals surface area contributed by atoms with E-state index in [4.69, 9.17) is 14.0 Å². The number of thioether (sulfide) groups is 1. The van der Waals surface area contributed by atoms with Crippen LogP contribution in [0.3, 0.4) is 0 Å². The Morgan fingerprint density at radius 2 is 1.68 bits per heavy atom. The first-order valence-electron chi connectivity index (χ1n) is 9.96. The summed E-state index contributed by atoms with van der Waals surface area (Å²) >= 11 is 1.29. The second kappa shape index (κ2) is 13.4. The molecule has 2 aromatic rings. The molecule has 0 heterocycles. The van der Waals surface area contributed by atoms with Crippen molar-refractivity contribution in [3.63, 3.8) is 0 Å². The molecule has 0 unspecified atom stereocenters. The van der Waals surface area contributed by atoms with Gasteiger partial charge >= 0.3 is 35.7 Å². The van der Waals surface area contributed by atoms with Crippen molar-refractivity contribution in [1.82, 2.24) is 5.32 Å². The summed E-state index contributed by atoms with van der Waals surface area (Å²) in [6.45, 7) is 5.75. The number of rotatable bonds is 10. The van der Waals surface area contributed by atoms with Crippen LogP contribution in [0.2, 0.25) is 0 Å². The summed E-state index contributed by atoms with van der Waals surface area (Å²) < 4.78 is 41.8. The number of carbonyl (C=O) groups is 2. The van der Waals surface area contributed by atoms with Gasteiger partial charge in [0.15, 0.2) is 0 Å². The van der Waals surface area contributed by atoms with Gasteiger partial charge in [-0.3, -0.25) is 4.55 Å². The van der Waals surface area contributed by atoms with Crippen LogP contribution in [0.4, 0.5) is 4.79 Å². The molecule has 2 N–H and O–H groups in total. The minimum atomic E-state index is -4.25. The Morgan fingerprint density at radius 1 is 1.09 bits per heavy atom. The van der Waals surface area contributed by atoms with E-state index in [1.807, 2.05) is 20.8 Å². The molecular weight excluding hydrogens is 493 g/mol. The molecule has 2 rings (SSSR count). The number of carboxylic acids is 1. The quantitative estimate of drug-likeness (QED) is 0.180. The SMILES string of the molecule is CC(C)(C)Oc1ccc(C[C@H](NC(=O)OCCSc2ccc(S(=O)(=O)O)cc2)C(=O)[O-])cc1.[Na+]. The minimum Gasteiger partial charge on any atom is -0.548 e. The third-order valence-corrected chi connectivity index (χ3v) is 5.91. The molecule has 0 aliphatic rings. The number of ether oxygens (including phenoxy) is 2. The van der Waals surface area contributed by atoms with Gasteiger partial charge in [-0.15, -0.1) is 11.8 Å². The van der Waals surface area contributed by atoms with Crippen molar-refractivity contribution in [1.29, 1.82) is 0 Å². The zero-order valence-corrected chi connectivity index (χ0v) is 23.1. The number of nitrogens with one attached hydrogen (secondary N) is 1. The van der Waals surface area contributed by atoms with E-state index in [2.05, 4.69) is 5.32 Å². The van der Waals surface area contributed by atoms with Crippen LogP contribution in [-0.2, 0) is 26.1 Å². The van der Waals surface area contributed by atoms with Crippen molar-refractivity contribution in [3.05, 3.63) is 54.1 Å². The van der Waals surface area contributed by atoms with E-state index in [9.17, 15) is 23.1 Å². The molecular formula is C22H26NNaO8S2. The van der Waals surface area contributed by atoms with E-state index < -0.39 is 28.2 Å². The molecule has 0 aliphatic carbocycles. The van der Waals surface area contributed by atoms with Crippen molar-refractivity contribution < 1.29 is 66.7 Å². The van der Waals surface area contributed by atoms with Gasteiger partial charge in [0.1, 0.15) is 18.0 Å². The molecule has 2 aromatic carbocycles. The molecule has 0 aliphatic heterocycles. The first kappa shape index (κ1) is 30.3. The zero-order valence-electron chi connectivity index (χ0n) is 19.4. The number of amides is 1. The summed E-state index contributed by atoms with van der Waals surface area (Å²) in [5, 5.41) is 13.7. The van der Waals surface area contributed by atoms with Gasteiger partial charge < -0.3 is 24.7 Å². The van der Waals surface area contributed by atoms with Gasteiger partial charge in [-0.2, -0.15) is 8.42 Å². The predicted octanol–water partition coefficient (Wildman–Crippen LogP) is -0.706. The van der Waals surface area contributed by atoms with Crippen LogP contribution in [0, 0.1) is 0 Å². The Hall–Kier alpha value is -1.76. The number of carbonyl (C=O) groups excluding carboxylic acids is 2. The normalized spacial score (nSPS) is 12.2. The molecule has 0 fully saturated rings. The van der Waals surface area contributed by atoms with Gasteiger partial charge in [-0.25, -0.2) is 4.79 Å². The average molecular weight is 520 g/mol. The van der Waals surface area contributed by atoms with E-state index in [-0.39, 0.29) is 53.1 Å². The fraction of sp³-hybridized carbons (Fsp3) is 0.364. The van der Waals surface area contributed by atoms with Crippen LogP contribution in [-0.4, -0.2) is 49.0 Å². The second-order valence-corrected chi connectivity index (χ2v) is 10.6. The fourth-order valence-electron chi connectivity index (χ4n) is 2.66. The van der Waals surface area contributed by atoms with Gasteiger partial charge in [0.05, 0.1) is 16.9 Å². The van der Waals surface area contributed by atoms with Gasteiger partial charge in [0, 0.05) is 10.6 Å². The molecule has 1 atom stereocenters. The van der Waals surface area contributed by atoms with Crippen LogP contribution in [0.5, 0.6) is 5.75 Å². The topological polar surface area (TPSA) is 142 Å². The van der Waals surface area contributed by atoms with Crippen LogP contribution in [0.15, 0.2) is 58.3 Å². The first-order chi connectivity index (χ1) is 15.3. The van der Waals surface area contributed by atoms with Crippen molar-refractivity contribution >= 4 is 33.9 Å². The van der Waals surface area contributed by atoms with Crippen LogP contribution in [0.25, 0.3) is 0 Å². The summed E-state index contributed by atoms with van der Waals surface area (Å²) in [4.78, 5) is 23.9. The fourth-order valence-corrected chi connectivity index (χ4v) is 3.87. The molecule has 0 saturated carbocycles. The van der Waals surface area contributed by atoms with Crippen molar-refractivity contribution in [2.75, 3.05) is 12.4 Å². The molecule has 180 valence electrons. The van der Waals surface area contributed by atoms with Gasteiger partial charge in [0.2, 0.25) is 0 Å². The summed E-state index contributed by atoms with van der Waals surface area (Å²) in [6, 6.07) is 11.2. The molecule has 0 bridgehead atoms. The van der Waals surface area contributed by atoms with Crippen molar-refractivity contribution in [2.24, 2.45) is 0 Å². The minimum absolute atomic E-state index is 0. The van der Waals surface area contributed by atoms with Crippen LogP contribution < -0.4 is 44.7 Å². The molecule has 0 spiro atoms. The Labute approximate surface area is 225 Å². The maximum Gasteiger partial charge on any atom is 1.00 e. The summed E-state index contributed by atoms with van der Waals surface area (Å²) in [5.41, 5.74) is 0.317. The van der Waals surface area contributed by atoms with Crippen molar-refractivity contribution in [2.45, 2.75) is 48.6 Å². The van der Waals surface area contributed by atoms with E-state index >= 15 is 0 Å².